The van der Waals surface area contributed by atoms with Crippen molar-refractivity contribution < 1.29 is 79.2 Å². The highest BCUT2D eigenvalue weighted by molar-refractivity contribution is 5.85. The van der Waals surface area contributed by atoms with Crippen LogP contribution in [-0.2, 0) is 33.3 Å². The Bertz CT molecular complexity index is 1380. The van der Waals surface area contributed by atoms with E-state index in [0.29, 0.717) is 19.3 Å². The van der Waals surface area contributed by atoms with E-state index >= 15 is 0 Å². The van der Waals surface area contributed by atoms with E-state index in [1.54, 1.807) is 0 Å². The molecular weight excluding hydrogens is 676 g/mol. The van der Waals surface area contributed by atoms with Gasteiger partial charge in [-0.25, -0.2) is 4.79 Å². The fraction of sp³-hybridized carbons (Fsp3) is 0.886. The predicted molar refractivity (Wildman–Crippen MR) is 169 cm³/mol. The molecule has 0 radical (unpaired) electrons. The third-order valence-corrected chi connectivity index (χ3v) is 14.2. The smallest absolute Gasteiger partial charge is 0.331 e. The molecule has 2 saturated heterocycles. The Kier molecular flexibility index (Phi) is 9.81. The van der Waals surface area contributed by atoms with Gasteiger partial charge in [-0.1, -0.05) is 6.92 Å². The fourth-order valence-electron chi connectivity index (χ4n) is 11.2. The maximum atomic E-state index is 13.2. The maximum absolute atomic E-state index is 13.2. The zero-order valence-electron chi connectivity index (χ0n) is 28.8. The van der Waals surface area contributed by atoms with Crippen LogP contribution in [0.25, 0.3) is 0 Å². The van der Waals surface area contributed by atoms with Gasteiger partial charge in [0.1, 0.15) is 55.6 Å². The summed E-state index contributed by atoms with van der Waals surface area (Å²) in [6, 6.07) is 0. The lowest BCUT2D eigenvalue weighted by atomic mass is 9.41. The van der Waals surface area contributed by atoms with E-state index < -0.39 is 120 Å². The number of rotatable bonds is 7. The molecule has 16 nitrogen and oxygen atoms in total. The molecule has 9 N–H and O–H groups in total. The van der Waals surface area contributed by atoms with Crippen molar-refractivity contribution in [2.75, 3.05) is 13.2 Å². The standard InChI is InChI=1S/C35H52O16/c1-15-24(40)29(51-30-27(43)26(42)25(41)21(12-36)50-30)28(44)31(48-15)49-17-3-6-33(14-37)20-10-22(38)32(2)18(16-9-23(39)47-13-16)5-8-35(32,46)19(20)4-7-34(33,45)11-17/h9,14-15,17-22,24-31,36,38,40-46H,3-8,10-13H2,1-2H3. The van der Waals surface area contributed by atoms with E-state index in [9.17, 15) is 55.5 Å². The van der Waals surface area contributed by atoms with Gasteiger partial charge in [-0.3, -0.25) is 0 Å². The Morgan fingerprint density at radius 1 is 0.882 bits per heavy atom. The average Bonchev–Trinajstić information content (AvgIpc) is 3.65. The van der Waals surface area contributed by atoms with Gasteiger partial charge in [-0.05, 0) is 75.2 Å². The van der Waals surface area contributed by atoms with Crippen LogP contribution in [0.5, 0.6) is 0 Å². The van der Waals surface area contributed by atoms with Gasteiger partial charge >= 0.3 is 5.97 Å². The van der Waals surface area contributed by atoms with Crippen molar-refractivity contribution >= 4 is 12.3 Å². The first kappa shape index (κ1) is 37.7. The quantitative estimate of drug-likeness (QED) is 0.0748. The Morgan fingerprint density at radius 2 is 1.61 bits per heavy atom. The number of ether oxygens (including phenoxy) is 5. The summed E-state index contributed by atoms with van der Waals surface area (Å²) in [6.45, 7) is 2.79. The summed E-state index contributed by atoms with van der Waals surface area (Å²) in [5, 5.41) is 99.2. The fourth-order valence-corrected chi connectivity index (χ4v) is 11.2. The summed E-state index contributed by atoms with van der Waals surface area (Å²) < 4.78 is 28.3. The highest BCUT2D eigenvalue weighted by Crippen LogP contribution is 2.70. The zero-order valence-corrected chi connectivity index (χ0v) is 28.8. The highest BCUT2D eigenvalue weighted by Gasteiger charge is 2.74. The van der Waals surface area contributed by atoms with Gasteiger partial charge in [0.15, 0.2) is 12.6 Å². The van der Waals surface area contributed by atoms with Crippen molar-refractivity contribution in [2.24, 2.45) is 28.6 Å². The van der Waals surface area contributed by atoms with Crippen LogP contribution in [0.3, 0.4) is 0 Å². The van der Waals surface area contributed by atoms with Gasteiger partial charge in [-0.2, -0.15) is 0 Å². The number of hydrogen-bond acceptors (Lipinski definition) is 16. The maximum Gasteiger partial charge on any atom is 0.331 e. The van der Waals surface area contributed by atoms with Crippen LogP contribution in [0.1, 0.15) is 65.2 Å². The number of aliphatic hydroxyl groups excluding tert-OH is 7. The van der Waals surface area contributed by atoms with Crippen LogP contribution >= 0.6 is 0 Å². The molecule has 4 aliphatic carbocycles. The number of hydrogen-bond donors (Lipinski definition) is 9. The molecule has 6 fully saturated rings. The van der Waals surface area contributed by atoms with Crippen molar-refractivity contribution in [1.82, 2.24) is 0 Å². The molecule has 19 atom stereocenters. The summed E-state index contributed by atoms with van der Waals surface area (Å²) in [4.78, 5) is 25.1. The largest absolute Gasteiger partial charge is 0.458 e. The van der Waals surface area contributed by atoms with Crippen molar-refractivity contribution in [3.8, 4) is 0 Å². The summed E-state index contributed by atoms with van der Waals surface area (Å²) in [5.41, 5.74) is -4.48. The molecule has 3 heterocycles. The molecule has 0 aromatic heterocycles. The highest BCUT2D eigenvalue weighted by atomic mass is 16.7. The first-order chi connectivity index (χ1) is 24.0. The second-order valence-electron chi connectivity index (χ2n) is 16.3. The van der Waals surface area contributed by atoms with Gasteiger partial charge in [0.25, 0.3) is 0 Å². The van der Waals surface area contributed by atoms with Crippen LogP contribution < -0.4 is 0 Å². The Labute approximate surface area is 294 Å². The third kappa shape index (κ3) is 5.51. The van der Waals surface area contributed by atoms with Gasteiger partial charge in [0, 0.05) is 17.9 Å². The lowest BCUT2D eigenvalue weighted by molar-refractivity contribution is -0.363. The van der Waals surface area contributed by atoms with E-state index in [1.807, 2.05) is 6.92 Å². The normalized spacial score (nSPS) is 55.6. The monoisotopic (exact) mass is 728 g/mol. The molecule has 288 valence electrons. The summed E-state index contributed by atoms with van der Waals surface area (Å²) in [5.74, 6) is -1.66. The first-order valence-corrected chi connectivity index (χ1v) is 18.1. The van der Waals surface area contributed by atoms with Crippen molar-refractivity contribution in [2.45, 2.75) is 150 Å². The van der Waals surface area contributed by atoms with E-state index in [2.05, 4.69) is 0 Å². The van der Waals surface area contributed by atoms with E-state index in [1.165, 1.54) is 13.0 Å². The molecule has 7 rings (SSSR count). The lowest BCUT2D eigenvalue weighted by Gasteiger charge is -2.66. The summed E-state index contributed by atoms with van der Waals surface area (Å²) in [6.07, 6.45) is -12.4. The van der Waals surface area contributed by atoms with Crippen LogP contribution in [0.2, 0.25) is 0 Å². The summed E-state index contributed by atoms with van der Waals surface area (Å²) >= 11 is 0. The van der Waals surface area contributed by atoms with Gasteiger partial charge in [-0.15, -0.1) is 0 Å². The number of aliphatic hydroxyl groups is 9. The topological polar surface area (TPSA) is 262 Å². The Hall–Kier alpha value is -1.64. The number of esters is 1. The Balaban J connectivity index is 1.07. The van der Waals surface area contributed by atoms with Crippen LogP contribution in [0.4, 0.5) is 0 Å². The SMILES string of the molecule is CC1OC(OC2CCC3(C=O)C4CC(O)C5(C)C(C6=CC(=O)OC6)CCC5(O)C4CCC3(O)C2)C(O)C(OC2OC(CO)C(O)C(O)C2O)C1O. The van der Waals surface area contributed by atoms with Crippen LogP contribution in [0, 0.1) is 28.6 Å². The molecule has 19 unspecified atom stereocenters. The molecule has 3 aliphatic heterocycles. The molecule has 16 heteroatoms. The minimum Gasteiger partial charge on any atom is -0.458 e. The zero-order chi connectivity index (χ0) is 36.8. The van der Waals surface area contributed by atoms with Crippen molar-refractivity contribution in [3.05, 3.63) is 11.6 Å². The predicted octanol–water partition coefficient (Wildman–Crippen LogP) is -2.45. The number of fused-ring (bicyclic) bond motifs is 5. The number of aldehydes is 1. The first-order valence-electron chi connectivity index (χ1n) is 18.1. The molecule has 51 heavy (non-hydrogen) atoms. The lowest BCUT2D eigenvalue weighted by Crippen LogP contribution is -2.71. The Morgan fingerprint density at radius 3 is 2.27 bits per heavy atom. The minimum absolute atomic E-state index is 0.0164. The number of carbonyl (C=O) groups excluding carboxylic acids is 2. The third-order valence-electron chi connectivity index (χ3n) is 14.2. The molecule has 0 bridgehead atoms. The van der Waals surface area contributed by atoms with Crippen molar-refractivity contribution in [3.63, 3.8) is 0 Å². The number of carbonyl (C=O) groups is 2. The molecular formula is C35H52O16. The van der Waals surface area contributed by atoms with Gasteiger partial charge in [0.2, 0.25) is 0 Å². The molecule has 0 spiro atoms. The second kappa shape index (κ2) is 13.3. The summed E-state index contributed by atoms with van der Waals surface area (Å²) in [7, 11) is 0. The second-order valence-corrected chi connectivity index (χ2v) is 16.3. The van der Waals surface area contributed by atoms with E-state index in [0.717, 1.165) is 11.9 Å². The molecule has 0 aromatic rings. The average molecular weight is 729 g/mol. The van der Waals surface area contributed by atoms with Gasteiger partial charge in [0.05, 0.1) is 41.5 Å². The van der Waals surface area contributed by atoms with E-state index in [4.69, 9.17) is 23.7 Å². The van der Waals surface area contributed by atoms with E-state index in [-0.39, 0.29) is 44.6 Å². The minimum atomic E-state index is -1.78. The molecule has 4 saturated carbocycles. The molecule has 0 aromatic carbocycles. The van der Waals surface area contributed by atoms with Crippen LogP contribution in [0.15, 0.2) is 11.6 Å². The number of cyclic esters (lactones) is 1. The van der Waals surface area contributed by atoms with Crippen molar-refractivity contribution in [1.29, 1.82) is 0 Å². The van der Waals surface area contributed by atoms with Crippen LogP contribution in [-0.4, -0.2) is 156 Å². The van der Waals surface area contributed by atoms with Gasteiger partial charge < -0.3 is 74.4 Å². The molecule has 7 aliphatic rings. The molecule has 0 amide bonds.